The van der Waals surface area contributed by atoms with Crippen molar-refractivity contribution in [3.8, 4) is 0 Å². The normalized spacial score (nSPS) is 25.0. The zero-order valence-electron chi connectivity index (χ0n) is 12.9. The summed E-state index contributed by atoms with van der Waals surface area (Å²) in [4.78, 5) is 12.8. The molecule has 2 aliphatic heterocycles. The molecule has 3 heterocycles. The minimum Gasteiger partial charge on any atom is -0.468 e. The van der Waals surface area contributed by atoms with Crippen LogP contribution in [0.1, 0.15) is 24.6 Å². The smallest absolute Gasteiger partial charge is 0.282 e. The number of hydrogen-bond acceptors (Lipinski definition) is 5. The fourth-order valence-electron chi connectivity index (χ4n) is 3.27. The number of carbonyl (C=O) groups is 1. The molecule has 128 valence electrons. The Kier molecular flexibility index (Phi) is 4.72. The van der Waals surface area contributed by atoms with Gasteiger partial charge in [-0.3, -0.25) is 9.69 Å². The fourth-order valence-corrected chi connectivity index (χ4v) is 5.08. The topological polar surface area (TPSA) is 100 Å². The molecule has 1 aromatic rings. The quantitative estimate of drug-likeness (QED) is 0.796. The fraction of sp³-hybridized carbons (Fsp3) is 0.643. The van der Waals surface area contributed by atoms with Crippen LogP contribution >= 0.6 is 0 Å². The van der Waals surface area contributed by atoms with Gasteiger partial charge in [-0.2, -0.15) is 17.0 Å². The minimum absolute atomic E-state index is 0.173. The van der Waals surface area contributed by atoms with Gasteiger partial charge in [0.25, 0.3) is 10.2 Å². The van der Waals surface area contributed by atoms with E-state index in [-0.39, 0.29) is 12.6 Å². The lowest BCUT2D eigenvalue weighted by Crippen LogP contribution is -2.54. The van der Waals surface area contributed by atoms with Crippen LogP contribution in [0.25, 0.3) is 0 Å². The van der Waals surface area contributed by atoms with Gasteiger partial charge in [0, 0.05) is 32.7 Å². The van der Waals surface area contributed by atoms with Crippen molar-refractivity contribution < 1.29 is 17.6 Å². The van der Waals surface area contributed by atoms with Crippen LogP contribution in [0.15, 0.2) is 22.8 Å². The van der Waals surface area contributed by atoms with Crippen molar-refractivity contribution in [3.05, 3.63) is 24.2 Å². The average Bonchev–Trinajstić information content (AvgIpc) is 3.18. The van der Waals surface area contributed by atoms with Crippen molar-refractivity contribution in [1.29, 1.82) is 0 Å². The van der Waals surface area contributed by atoms with E-state index in [9.17, 15) is 13.2 Å². The molecular weight excluding hydrogens is 320 g/mol. The van der Waals surface area contributed by atoms with E-state index in [2.05, 4.69) is 0 Å². The van der Waals surface area contributed by atoms with Crippen LogP contribution in [-0.4, -0.2) is 67.1 Å². The number of primary amides is 1. The Bertz CT molecular complexity index is 638. The summed E-state index contributed by atoms with van der Waals surface area (Å²) in [5.41, 5.74) is 5.18. The van der Waals surface area contributed by atoms with Crippen LogP contribution in [0.4, 0.5) is 0 Å². The molecule has 2 N–H and O–H groups in total. The van der Waals surface area contributed by atoms with Gasteiger partial charge >= 0.3 is 0 Å². The molecule has 0 saturated carbocycles. The summed E-state index contributed by atoms with van der Waals surface area (Å²) >= 11 is 0. The van der Waals surface area contributed by atoms with Crippen molar-refractivity contribution in [2.24, 2.45) is 5.73 Å². The molecule has 0 spiro atoms. The van der Waals surface area contributed by atoms with Crippen LogP contribution in [0.3, 0.4) is 0 Å². The summed E-state index contributed by atoms with van der Waals surface area (Å²) in [6, 6.07) is 3.38. The number of furan rings is 1. The number of rotatable bonds is 5. The second-order valence-electron chi connectivity index (χ2n) is 5.93. The summed E-state index contributed by atoms with van der Waals surface area (Å²) in [5.74, 6) is 0.303. The molecule has 1 amide bonds. The van der Waals surface area contributed by atoms with E-state index in [1.54, 1.807) is 12.3 Å². The monoisotopic (exact) mass is 342 g/mol. The van der Waals surface area contributed by atoms with Gasteiger partial charge in [-0.05, 0) is 25.0 Å². The Hall–Kier alpha value is -1.42. The number of hydrogen-bond donors (Lipinski definition) is 1. The number of amides is 1. The highest BCUT2D eigenvalue weighted by atomic mass is 32.2. The molecule has 0 radical (unpaired) electrons. The molecule has 2 saturated heterocycles. The summed E-state index contributed by atoms with van der Waals surface area (Å²) in [7, 11) is -3.53. The van der Waals surface area contributed by atoms with Crippen molar-refractivity contribution in [2.75, 3.05) is 39.3 Å². The molecule has 0 unspecified atom stereocenters. The van der Waals surface area contributed by atoms with Gasteiger partial charge in [-0.25, -0.2) is 0 Å². The molecular formula is C14H22N4O4S. The molecule has 1 aromatic heterocycles. The molecule has 0 aromatic carbocycles. The van der Waals surface area contributed by atoms with Gasteiger partial charge < -0.3 is 10.2 Å². The first kappa shape index (κ1) is 16.4. The Morgan fingerprint density at radius 3 is 2.61 bits per heavy atom. The van der Waals surface area contributed by atoms with Gasteiger partial charge in [-0.1, -0.05) is 0 Å². The Morgan fingerprint density at radius 1 is 1.26 bits per heavy atom. The third kappa shape index (κ3) is 3.42. The highest BCUT2D eigenvalue weighted by Gasteiger charge is 2.40. The Balaban J connectivity index is 1.68. The van der Waals surface area contributed by atoms with Gasteiger partial charge in [0.05, 0.1) is 18.8 Å². The number of nitrogens with zero attached hydrogens (tertiary/aromatic N) is 3. The zero-order chi connectivity index (χ0) is 16.4. The van der Waals surface area contributed by atoms with E-state index in [0.717, 1.165) is 12.8 Å². The Morgan fingerprint density at radius 2 is 2.00 bits per heavy atom. The lowest BCUT2D eigenvalue weighted by Gasteiger charge is -2.36. The first-order valence-electron chi connectivity index (χ1n) is 7.79. The highest BCUT2D eigenvalue weighted by Crippen LogP contribution is 2.35. The minimum atomic E-state index is -3.53. The predicted octanol–water partition coefficient (Wildman–Crippen LogP) is -0.236. The SMILES string of the molecule is NC(=O)CN1CCN(S(=O)(=O)N2CCC[C@H]2c2ccco2)CC1. The van der Waals surface area contributed by atoms with Gasteiger partial charge in [0.2, 0.25) is 5.91 Å². The second kappa shape index (κ2) is 6.60. The molecule has 0 bridgehead atoms. The van der Waals surface area contributed by atoms with Crippen LogP contribution < -0.4 is 5.73 Å². The number of piperazine rings is 1. The Labute approximate surface area is 136 Å². The van der Waals surface area contributed by atoms with Crippen LogP contribution in [-0.2, 0) is 15.0 Å². The summed E-state index contributed by atoms with van der Waals surface area (Å²) in [5, 5.41) is 0. The standard InChI is InChI=1S/C14H22N4O4S/c15-14(19)11-16-6-8-17(9-7-16)23(20,21)18-5-1-3-12(18)13-4-2-10-22-13/h2,4,10,12H,1,3,5-9,11H2,(H2,15,19)/t12-/m0/s1. The molecule has 1 atom stereocenters. The van der Waals surface area contributed by atoms with Gasteiger partial charge in [0.1, 0.15) is 5.76 Å². The summed E-state index contributed by atoms with van der Waals surface area (Å²) in [6.07, 6.45) is 3.17. The number of carbonyl (C=O) groups excluding carboxylic acids is 1. The first-order chi connectivity index (χ1) is 11.0. The van der Waals surface area contributed by atoms with E-state index >= 15 is 0 Å². The van der Waals surface area contributed by atoms with Gasteiger partial charge in [-0.15, -0.1) is 0 Å². The summed E-state index contributed by atoms with van der Waals surface area (Å²) in [6.45, 7) is 2.46. The van der Waals surface area contributed by atoms with E-state index in [1.165, 1.54) is 8.61 Å². The molecule has 3 rings (SSSR count). The van der Waals surface area contributed by atoms with Crippen molar-refractivity contribution in [2.45, 2.75) is 18.9 Å². The van der Waals surface area contributed by atoms with E-state index in [4.69, 9.17) is 10.2 Å². The largest absolute Gasteiger partial charge is 0.468 e. The van der Waals surface area contributed by atoms with E-state index in [0.29, 0.717) is 38.5 Å². The zero-order valence-corrected chi connectivity index (χ0v) is 13.7. The third-order valence-electron chi connectivity index (χ3n) is 4.41. The molecule has 23 heavy (non-hydrogen) atoms. The van der Waals surface area contributed by atoms with E-state index in [1.807, 2.05) is 11.0 Å². The lowest BCUT2D eigenvalue weighted by molar-refractivity contribution is -0.119. The highest BCUT2D eigenvalue weighted by molar-refractivity contribution is 7.86. The molecule has 8 nitrogen and oxygen atoms in total. The molecule has 0 aliphatic carbocycles. The maximum atomic E-state index is 12.9. The van der Waals surface area contributed by atoms with Crippen molar-refractivity contribution in [3.63, 3.8) is 0 Å². The lowest BCUT2D eigenvalue weighted by atomic mass is 10.2. The molecule has 2 fully saturated rings. The second-order valence-corrected chi connectivity index (χ2v) is 7.81. The van der Waals surface area contributed by atoms with E-state index < -0.39 is 16.1 Å². The third-order valence-corrected chi connectivity index (χ3v) is 6.46. The van der Waals surface area contributed by atoms with Gasteiger partial charge in [0.15, 0.2) is 0 Å². The first-order valence-corrected chi connectivity index (χ1v) is 9.19. The molecule has 2 aliphatic rings. The maximum Gasteiger partial charge on any atom is 0.282 e. The predicted molar refractivity (Wildman–Crippen MR) is 83.5 cm³/mol. The maximum absolute atomic E-state index is 12.9. The molecule has 9 heteroatoms. The summed E-state index contributed by atoms with van der Waals surface area (Å²) < 4.78 is 34.3. The van der Waals surface area contributed by atoms with Crippen molar-refractivity contribution in [1.82, 2.24) is 13.5 Å². The van der Waals surface area contributed by atoms with Crippen LogP contribution in [0.2, 0.25) is 0 Å². The van der Waals surface area contributed by atoms with Crippen LogP contribution in [0.5, 0.6) is 0 Å². The van der Waals surface area contributed by atoms with Crippen molar-refractivity contribution >= 4 is 16.1 Å². The average molecular weight is 342 g/mol. The number of nitrogens with two attached hydrogens (primary N) is 1. The van der Waals surface area contributed by atoms with Crippen LogP contribution in [0, 0.1) is 0 Å².